The quantitative estimate of drug-likeness (QED) is 0.436. The first kappa shape index (κ1) is 22.2. The number of benzene rings is 2. The minimum atomic E-state index is -0.423. The molecule has 0 bridgehead atoms. The Labute approximate surface area is 197 Å². The Morgan fingerprint density at radius 2 is 1.94 bits per heavy atom. The summed E-state index contributed by atoms with van der Waals surface area (Å²) in [5, 5.41) is 23.6. The molecule has 0 aliphatic carbocycles. The van der Waals surface area contributed by atoms with Gasteiger partial charge in [-0.05, 0) is 58.8 Å². The largest absolute Gasteiger partial charge is 0.497 e. The number of nitrogens with zero attached hydrogens (tertiary/aromatic N) is 5. The van der Waals surface area contributed by atoms with Gasteiger partial charge in [-0.25, -0.2) is 4.68 Å². The van der Waals surface area contributed by atoms with Gasteiger partial charge in [0.25, 0.3) is 5.56 Å². The van der Waals surface area contributed by atoms with Gasteiger partial charge < -0.3 is 14.8 Å². The first-order chi connectivity index (χ1) is 16.6. The van der Waals surface area contributed by atoms with Crippen molar-refractivity contribution in [1.29, 1.82) is 0 Å². The Bertz CT molecular complexity index is 1310. The number of rotatable bonds is 7. The summed E-state index contributed by atoms with van der Waals surface area (Å²) in [6, 6.07) is 17.3. The minimum Gasteiger partial charge on any atom is -0.497 e. The summed E-state index contributed by atoms with van der Waals surface area (Å²) in [6.07, 6.45) is 1.74. The molecule has 9 nitrogen and oxygen atoms in total. The second kappa shape index (κ2) is 9.74. The van der Waals surface area contributed by atoms with E-state index in [4.69, 9.17) is 4.74 Å². The molecule has 4 aromatic rings. The molecule has 0 spiro atoms. The Kier molecular flexibility index (Phi) is 6.37. The lowest BCUT2D eigenvalue weighted by molar-refractivity contribution is 0.0658. The van der Waals surface area contributed by atoms with E-state index in [1.54, 1.807) is 11.8 Å². The number of ether oxygens (including phenoxy) is 1. The zero-order valence-corrected chi connectivity index (χ0v) is 19.1. The molecule has 1 atom stereocenters. The zero-order chi connectivity index (χ0) is 23.5. The number of hydrogen-bond acceptors (Lipinski definition) is 7. The molecule has 1 aliphatic rings. The van der Waals surface area contributed by atoms with Gasteiger partial charge in [-0.15, -0.1) is 5.10 Å². The highest BCUT2D eigenvalue weighted by molar-refractivity contribution is 5.80. The van der Waals surface area contributed by atoms with E-state index in [1.165, 1.54) is 5.56 Å². The van der Waals surface area contributed by atoms with Crippen LogP contribution in [0.3, 0.4) is 0 Å². The van der Waals surface area contributed by atoms with Crippen molar-refractivity contribution < 1.29 is 9.84 Å². The van der Waals surface area contributed by atoms with Crippen molar-refractivity contribution in [2.24, 2.45) is 0 Å². The number of aryl methyl sites for hydroxylation is 2. The van der Waals surface area contributed by atoms with Crippen molar-refractivity contribution in [1.82, 2.24) is 30.1 Å². The molecule has 2 aromatic carbocycles. The highest BCUT2D eigenvalue weighted by Crippen LogP contribution is 2.30. The molecule has 0 unspecified atom stereocenters. The van der Waals surface area contributed by atoms with Crippen LogP contribution < -0.4 is 10.3 Å². The Balaban J connectivity index is 1.54. The van der Waals surface area contributed by atoms with Crippen molar-refractivity contribution in [2.75, 3.05) is 20.2 Å². The summed E-state index contributed by atoms with van der Waals surface area (Å²) < 4.78 is 7.09. The maximum atomic E-state index is 13.3. The summed E-state index contributed by atoms with van der Waals surface area (Å²) in [6.45, 7) is 1.90. The third-order valence-corrected chi connectivity index (χ3v) is 6.50. The number of aliphatic hydroxyl groups excluding tert-OH is 1. The standard InChI is InChI=1S/C25H28N6O3/c1-34-20-8-7-18-15-21(25(33)26-22(18)16-20)23(30-12-10-19(32)11-13-30)24-27-28-29-31(24)14-9-17-5-3-2-4-6-17/h2-8,15-16,19,23,32H,9-14H2,1H3,(H,26,33)/t23-/m0/s1. The molecule has 34 heavy (non-hydrogen) atoms. The Morgan fingerprint density at radius 3 is 2.71 bits per heavy atom. The SMILES string of the molecule is COc1ccc2cc([C@@H](c3nnnn3CCc3ccccc3)N3CCC(O)CC3)c(=O)[nH]c2c1. The van der Waals surface area contributed by atoms with E-state index in [0.717, 1.165) is 11.8 Å². The fraction of sp³-hybridized carbons (Fsp3) is 0.360. The van der Waals surface area contributed by atoms with Crippen molar-refractivity contribution in [3.8, 4) is 5.75 Å². The molecular formula is C25H28N6O3. The number of likely N-dealkylation sites (tertiary alicyclic amines) is 1. The van der Waals surface area contributed by atoms with Crippen LogP contribution in [-0.4, -0.2) is 61.5 Å². The average Bonchev–Trinajstić information content (AvgIpc) is 3.33. The number of aliphatic hydroxyl groups is 1. The fourth-order valence-corrected chi connectivity index (χ4v) is 4.62. The third kappa shape index (κ3) is 4.57. The minimum absolute atomic E-state index is 0.186. The Hall–Kier alpha value is -3.56. The number of hydrogen-bond donors (Lipinski definition) is 2. The average molecular weight is 461 g/mol. The fourth-order valence-electron chi connectivity index (χ4n) is 4.62. The van der Waals surface area contributed by atoms with Crippen LogP contribution in [0.4, 0.5) is 0 Å². The molecule has 0 saturated carbocycles. The summed E-state index contributed by atoms with van der Waals surface area (Å²) in [5.41, 5.74) is 2.31. The van der Waals surface area contributed by atoms with E-state index in [0.29, 0.717) is 55.1 Å². The van der Waals surface area contributed by atoms with E-state index in [2.05, 4.69) is 37.5 Å². The van der Waals surface area contributed by atoms with E-state index >= 15 is 0 Å². The number of aromatic nitrogens is 5. The highest BCUT2D eigenvalue weighted by Gasteiger charge is 2.32. The van der Waals surface area contributed by atoms with Crippen molar-refractivity contribution in [2.45, 2.75) is 38.0 Å². The number of nitrogens with one attached hydrogen (secondary N) is 1. The lowest BCUT2D eigenvalue weighted by Gasteiger charge is -2.35. The Morgan fingerprint density at radius 1 is 1.15 bits per heavy atom. The van der Waals surface area contributed by atoms with E-state index < -0.39 is 6.04 Å². The summed E-state index contributed by atoms with van der Waals surface area (Å²) in [4.78, 5) is 18.5. The molecule has 1 fully saturated rings. The molecule has 5 rings (SSSR count). The molecule has 3 heterocycles. The van der Waals surface area contributed by atoms with E-state index in [-0.39, 0.29) is 11.7 Å². The van der Waals surface area contributed by atoms with Crippen LogP contribution in [0.5, 0.6) is 5.75 Å². The van der Waals surface area contributed by atoms with Gasteiger partial charge in [-0.2, -0.15) is 0 Å². The van der Waals surface area contributed by atoms with E-state index in [1.807, 2.05) is 42.5 Å². The van der Waals surface area contributed by atoms with Crippen LogP contribution in [-0.2, 0) is 13.0 Å². The van der Waals surface area contributed by atoms with Crippen LogP contribution in [0.15, 0.2) is 59.4 Å². The second-order valence-corrected chi connectivity index (χ2v) is 8.67. The topological polar surface area (TPSA) is 109 Å². The number of fused-ring (bicyclic) bond motifs is 1. The van der Waals surface area contributed by atoms with Crippen molar-refractivity contribution in [3.63, 3.8) is 0 Å². The zero-order valence-electron chi connectivity index (χ0n) is 19.1. The van der Waals surface area contributed by atoms with Gasteiger partial charge in [0, 0.05) is 31.3 Å². The highest BCUT2D eigenvalue weighted by atomic mass is 16.5. The van der Waals surface area contributed by atoms with Gasteiger partial charge in [0.05, 0.1) is 18.7 Å². The van der Waals surface area contributed by atoms with E-state index in [9.17, 15) is 9.90 Å². The number of aromatic amines is 1. The molecule has 176 valence electrons. The number of methoxy groups -OCH3 is 1. The van der Waals surface area contributed by atoms with Crippen molar-refractivity contribution >= 4 is 10.9 Å². The molecule has 0 radical (unpaired) electrons. The van der Waals surface area contributed by atoms with Crippen LogP contribution in [0.2, 0.25) is 0 Å². The van der Waals surface area contributed by atoms with Crippen LogP contribution in [0.1, 0.15) is 35.8 Å². The maximum absolute atomic E-state index is 13.3. The molecule has 1 saturated heterocycles. The lowest BCUT2D eigenvalue weighted by atomic mass is 9.99. The number of tetrazole rings is 1. The molecule has 1 aliphatic heterocycles. The molecule has 2 N–H and O–H groups in total. The number of pyridine rings is 1. The van der Waals surface area contributed by atoms with Gasteiger partial charge in [0.1, 0.15) is 11.8 Å². The van der Waals surface area contributed by atoms with Crippen LogP contribution in [0, 0.1) is 0 Å². The summed E-state index contributed by atoms with van der Waals surface area (Å²) in [7, 11) is 1.60. The monoisotopic (exact) mass is 460 g/mol. The number of H-pyrrole nitrogens is 1. The third-order valence-electron chi connectivity index (χ3n) is 6.50. The molecular weight excluding hydrogens is 432 g/mol. The van der Waals surface area contributed by atoms with Crippen LogP contribution >= 0.6 is 0 Å². The normalized spacial score (nSPS) is 16.1. The predicted octanol–water partition coefficient (Wildman–Crippen LogP) is 2.31. The number of piperidine rings is 1. The predicted molar refractivity (Wildman–Crippen MR) is 128 cm³/mol. The summed E-state index contributed by atoms with van der Waals surface area (Å²) in [5.74, 6) is 1.31. The summed E-state index contributed by atoms with van der Waals surface area (Å²) >= 11 is 0. The van der Waals surface area contributed by atoms with Gasteiger partial charge in [-0.3, -0.25) is 9.69 Å². The molecule has 2 aromatic heterocycles. The second-order valence-electron chi connectivity index (χ2n) is 8.67. The van der Waals surface area contributed by atoms with Gasteiger partial charge in [-0.1, -0.05) is 30.3 Å². The van der Waals surface area contributed by atoms with Crippen molar-refractivity contribution in [3.05, 3.63) is 81.9 Å². The van der Waals surface area contributed by atoms with Crippen LogP contribution in [0.25, 0.3) is 10.9 Å². The maximum Gasteiger partial charge on any atom is 0.253 e. The molecule has 9 heteroatoms. The first-order valence-electron chi connectivity index (χ1n) is 11.6. The smallest absolute Gasteiger partial charge is 0.253 e. The van der Waals surface area contributed by atoms with Gasteiger partial charge in [0.2, 0.25) is 0 Å². The first-order valence-corrected chi connectivity index (χ1v) is 11.6. The molecule has 0 amide bonds. The van der Waals surface area contributed by atoms with Gasteiger partial charge >= 0.3 is 0 Å². The van der Waals surface area contributed by atoms with Gasteiger partial charge in [0.15, 0.2) is 5.82 Å². The lowest BCUT2D eigenvalue weighted by Crippen LogP contribution is -2.41.